The molecule has 0 spiro atoms. The molecule has 0 radical (unpaired) electrons. The van der Waals surface area contributed by atoms with Gasteiger partial charge in [-0.3, -0.25) is 0 Å². The minimum Gasteiger partial charge on any atom is -0.326 e. The van der Waals surface area contributed by atoms with Crippen molar-refractivity contribution in [3.63, 3.8) is 0 Å². The molecule has 0 saturated heterocycles. The van der Waals surface area contributed by atoms with Gasteiger partial charge >= 0.3 is 29.6 Å². The fourth-order valence-corrected chi connectivity index (χ4v) is 4.16. The monoisotopic (exact) mass is 406 g/mol. The van der Waals surface area contributed by atoms with E-state index in [2.05, 4.69) is 27.8 Å². The Labute approximate surface area is 204 Å². The van der Waals surface area contributed by atoms with Crippen LogP contribution in [0.3, 0.4) is 0 Å². The summed E-state index contributed by atoms with van der Waals surface area (Å²) in [5.74, 6) is 0. The van der Waals surface area contributed by atoms with Crippen molar-refractivity contribution < 1.29 is 34.0 Å². The van der Waals surface area contributed by atoms with Gasteiger partial charge in [0.05, 0.1) is 26.7 Å². The minimum absolute atomic E-state index is 0. The average molecular weight is 407 g/mol. The summed E-state index contributed by atoms with van der Waals surface area (Å²) in [6.45, 7) is 11.2. The Hall–Kier alpha value is 1.02. The van der Waals surface area contributed by atoms with Crippen molar-refractivity contribution in [2.75, 3.05) is 26.7 Å². The topological polar surface area (TPSA) is 0 Å². The summed E-state index contributed by atoms with van der Waals surface area (Å²) in [7, 11) is 2.56. The third-order valence-corrected chi connectivity index (χ3v) is 6.15. The molecule has 3 heteroatoms. The van der Waals surface area contributed by atoms with Gasteiger partial charge < -0.3 is 4.48 Å². The fourth-order valence-electron chi connectivity index (χ4n) is 4.16. The van der Waals surface area contributed by atoms with Gasteiger partial charge in [0, 0.05) is 0 Å². The zero-order valence-corrected chi connectivity index (χ0v) is 22.3. The Balaban J connectivity index is -0.00000312. The van der Waals surface area contributed by atoms with E-state index in [0.29, 0.717) is 0 Å². The number of hydrogen-bond acceptors (Lipinski definition) is 0. The summed E-state index contributed by atoms with van der Waals surface area (Å²) in [5.41, 5.74) is 0. The second-order valence-electron chi connectivity index (χ2n) is 9.09. The molecule has 0 aliphatic heterocycles. The Bertz CT molecular complexity index is 232. The molecule has 0 aromatic rings. The van der Waals surface area contributed by atoms with E-state index in [-0.39, 0.29) is 38.0 Å². The molecule has 0 fully saturated rings. The Morgan fingerprint density at radius 2 is 0.607 bits per heavy atom. The first-order valence-corrected chi connectivity index (χ1v) is 12.5. The van der Waals surface area contributed by atoms with E-state index in [4.69, 9.17) is 0 Å². The Kier molecular flexibility index (Phi) is 31.3. The van der Waals surface area contributed by atoms with Crippen LogP contribution in [0, 0.1) is 0 Å². The van der Waals surface area contributed by atoms with Gasteiger partial charge in [0.15, 0.2) is 0 Å². The van der Waals surface area contributed by atoms with Crippen LogP contribution in [0.15, 0.2) is 0 Å². The molecule has 1 nitrogen and oxygen atoms in total. The van der Waals surface area contributed by atoms with Crippen LogP contribution in [0.2, 0.25) is 0 Å². The molecule has 0 N–H and O–H groups in total. The summed E-state index contributed by atoms with van der Waals surface area (Å²) in [6.07, 6.45) is 25.9. The van der Waals surface area contributed by atoms with E-state index in [9.17, 15) is 0 Å². The van der Waals surface area contributed by atoms with Gasteiger partial charge in [0.2, 0.25) is 0 Å². The van der Waals surface area contributed by atoms with E-state index in [1.165, 1.54) is 140 Å². The molecule has 0 aromatic carbocycles. The first-order valence-electron chi connectivity index (χ1n) is 12.5. The van der Waals surface area contributed by atoms with E-state index in [1.807, 2.05) is 0 Å². The van der Waals surface area contributed by atoms with E-state index in [1.54, 1.807) is 0 Å². The third kappa shape index (κ3) is 23.3. The maximum atomic E-state index is 2.56. The first-order chi connectivity index (χ1) is 12.7. The molecule has 0 aliphatic carbocycles. The number of hydrogen-bond donors (Lipinski definition) is 0. The van der Waals surface area contributed by atoms with Gasteiger partial charge in [-0.2, -0.15) is 0 Å². The maximum Gasteiger partial charge on any atom is 1.00 e. The molecule has 0 bridgehead atoms. The van der Waals surface area contributed by atoms with Gasteiger partial charge in [-0.05, 0) is 38.5 Å². The first kappa shape index (κ1) is 33.7. The summed E-state index contributed by atoms with van der Waals surface area (Å²) in [6, 6.07) is 0. The molecule has 0 unspecified atom stereocenters. The zero-order chi connectivity index (χ0) is 19.3. The van der Waals surface area contributed by atoms with Crippen LogP contribution in [-0.4, -0.2) is 39.6 Å². The van der Waals surface area contributed by atoms with Crippen molar-refractivity contribution in [1.29, 1.82) is 0 Å². The second-order valence-corrected chi connectivity index (χ2v) is 9.09. The molecule has 0 amide bonds. The van der Waals surface area contributed by atoms with Crippen LogP contribution in [-0.2, 0) is 0 Å². The molecular formula is C25H58BNNa+. The number of unbranched alkanes of at least 4 members (excludes halogenated alkanes) is 15. The molecular weight excluding hydrogens is 348 g/mol. The Morgan fingerprint density at radius 3 is 0.857 bits per heavy atom. The quantitative estimate of drug-likeness (QED) is 0.153. The van der Waals surface area contributed by atoms with Crippen LogP contribution >= 0.6 is 0 Å². The van der Waals surface area contributed by atoms with Gasteiger partial charge in [-0.15, -0.1) is 0 Å². The summed E-state index contributed by atoms with van der Waals surface area (Å²) < 4.78 is 1.36. The average Bonchev–Trinajstić information content (AvgIpc) is 2.64. The summed E-state index contributed by atoms with van der Waals surface area (Å²) in [4.78, 5) is 0. The Morgan fingerprint density at radius 1 is 0.393 bits per heavy atom. The number of quaternary nitrogens is 1. The van der Waals surface area contributed by atoms with E-state index in [0.717, 1.165) is 0 Å². The number of nitrogens with zero attached hydrogens (tertiary/aromatic N) is 1. The predicted molar refractivity (Wildman–Crippen MR) is 132 cm³/mol. The molecule has 0 aromatic heterocycles. The smallest absolute Gasteiger partial charge is 0.326 e. The molecule has 0 heterocycles. The SMILES string of the molecule is CCCCCCCC[N+](C)(CCCCCCCC)CCCCCCCC.[BH4-].[Na+]. The van der Waals surface area contributed by atoms with Gasteiger partial charge in [-0.1, -0.05) is 106 Å². The molecule has 0 atom stereocenters. The predicted octanol–water partition coefficient (Wildman–Crippen LogP) is 4.07. The van der Waals surface area contributed by atoms with Crippen molar-refractivity contribution >= 4 is 8.41 Å². The van der Waals surface area contributed by atoms with Crippen LogP contribution in [0.4, 0.5) is 0 Å². The maximum absolute atomic E-state index is 2.56. The fraction of sp³-hybridized carbons (Fsp3) is 1.00. The second kappa shape index (κ2) is 26.1. The van der Waals surface area contributed by atoms with Crippen molar-refractivity contribution in [1.82, 2.24) is 0 Å². The van der Waals surface area contributed by atoms with Crippen LogP contribution < -0.4 is 29.6 Å². The van der Waals surface area contributed by atoms with Crippen LogP contribution in [0.25, 0.3) is 0 Å². The van der Waals surface area contributed by atoms with Crippen LogP contribution in [0.5, 0.6) is 0 Å². The van der Waals surface area contributed by atoms with Gasteiger partial charge in [0.25, 0.3) is 0 Å². The van der Waals surface area contributed by atoms with Gasteiger partial charge in [0.1, 0.15) is 0 Å². The number of rotatable bonds is 21. The van der Waals surface area contributed by atoms with Crippen molar-refractivity contribution in [2.24, 2.45) is 0 Å². The van der Waals surface area contributed by atoms with E-state index >= 15 is 0 Å². The molecule has 28 heavy (non-hydrogen) atoms. The van der Waals surface area contributed by atoms with E-state index < -0.39 is 0 Å². The summed E-state index contributed by atoms with van der Waals surface area (Å²) >= 11 is 0. The summed E-state index contributed by atoms with van der Waals surface area (Å²) in [5, 5.41) is 0. The van der Waals surface area contributed by atoms with Crippen molar-refractivity contribution in [3.05, 3.63) is 0 Å². The van der Waals surface area contributed by atoms with Crippen molar-refractivity contribution in [2.45, 2.75) is 136 Å². The minimum atomic E-state index is 0. The molecule has 166 valence electrons. The van der Waals surface area contributed by atoms with Crippen LogP contribution in [0.1, 0.15) is 136 Å². The molecule has 0 saturated carbocycles. The third-order valence-electron chi connectivity index (χ3n) is 6.15. The largest absolute Gasteiger partial charge is 1.00 e. The zero-order valence-electron chi connectivity index (χ0n) is 20.3. The van der Waals surface area contributed by atoms with Gasteiger partial charge in [-0.25, -0.2) is 0 Å². The molecule has 0 aliphatic rings. The van der Waals surface area contributed by atoms with Crippen molar-refractivity contribution in [3.8, 4) is 0 Å². The normalized spacial score (nSPS) is 11.1. The molecule has 0 rings (SSSR count). The standard InChI is InChI=1S/C25H54N.BH4.Na/c1-5-8-11-14-17-20-23-26(4,24-21-18-15-12-9-6-2)25-22-19-16-13-10-7-3;;/h5-25H2,1-4H3;1H4;/q+1;-1;+1.